The molecule has 2 N–H and O–H groups in total. The van der Waals surface area contributed by atoms with Gasteiger partial charge in [0.1, 0.15) is 12.1 Å². The normalized spacial score (nSPS) is 17.5. The Hall–Kier alpha value is -0.120. The molecule has 2 unspecified atom stereocenters. The van der Waals surface area contributed by atoms with Crippen molar-refractivity contribution in [1.29, 1.82) is 0 Å². The molecule has 0 aromatic carbocycles. The molecule has 2 atom stereocenters. The van der Waals surface area contributed by atoms with Gasteiger partial charge in [0.25, 0.3) is 0 Å². The number of hydrogen-bond donors (Lipinski definition) is 2. The lowest BCUT2D eigenvalue weighted by Gasteiger charge is -2.36. The fraction of sp³-hybridized carbons (Fsp3) is 1.00. The van der Waals surface area contributed by atoms with E-state index in [9.17, 15) is 5.11 Å². The Kier molecular flexibility index (Phi) is 4.75. The van der Waals surface area contributed by atoms with Crippen molar-refractivity contribution in [2.75, 3.05) is 27.7 Å². The highest BCUT2D eigenvalue weighted by Gasteiger charge is 2.27. The van der Waals surface area contributed by atoms with Gasteiger partial charge in [-0.15, -0.1) is 0 Å². The van der Waals surface area contributed by atoms with Crippen molar-refractivity contribution in [2.24, 2.45) is 0 Å². The zero-order chi connectivity index (χ0) is 9.78. The third-order valence-corrected chi connectivity index (χ3v) is 2.21. The minimum absolute atomic E-state index is 0.212. The number of quaternary nitrogens is 1. The second-order valence-corrected chi connectivity index (χ2v) is 4.29. The number of likely N-dealkylation sites (N-methyl/N-ethyl adjacent to an activating group) is 1. The maximum atomic E-state index is 9.48. The maximum absolute atomic E-state index is 9.48. The van der Waals surface area contributed by atoms with Crippen molar-refractivity contribution in [2.45, 2.75) is 31.9 Å². The van der Waals surface area contributed by atoms with E-state index in [1.165, 1.54) is 0 Å². The fourth-order valence-corrected chi connectivity index (χ4v) is 1.58. The second-order valence-electron chi connectivity index (χ2n) is 4.29. The minimum atomic E-state index is -0.309. The topological polar surface area (TPSA) is 40.5 Å². The molecular weight excluding hydrogens is 154 g/mol. The van der Waals surface area contributed by atoms with Gasteiger partial charge in [0.15, 0.2) is 0 Å². The molecular formula is C9H22NO2+. The summed E-state index contributed by atoms with van der Waals surface area (Å²) in [6, 6.07) is 0.220. The van der Waals surface area contributed by atoms with Gasteiger partial charge in [0.05, 0.1) is 21.1 Å². The fourth-order valence-electron chi connectivity index (χ4n) is 1.58. The molecule has 74 valence electrons. The van der Waals surface area contributed by atoms with Crippen LogP contribution in [0, 0.1) is 0 Å². The number of aliphatic hydroxyl groups is 2. The molecule has 0 fully saturated rings. The number of aliphatic hydroxyl groups excluding tert-OH is 2. The molecule has 0 spiro atoms. The van der Waals surface area contributed by atoms with Gasteiger partial charge < -0.3 is 14.7 Å². The van der Waals surface area contributed by atoms with Gasteiger partial charge in [-0.05, 0) is 13.3 Å². The zero-order valence-corrected chi connectivity index (χ0v) is 8.62. The van der Waals surface area contributed by atoms with E-state index in [2.05, 4.69) is 21.1 Å². The number of nitrogens with zero attached hydrogens (tertiary/aromatic N) is 1. The van der Waals surface area contributed by atoms with E-state index in [1.807, 2.05) is 6.92 Å². The monoisotopic (exact) mass is 176 g/mol. The summed E-state index contributed by atoms with van der Waals surface area (Å²) in [7, 11) is 6.19. The first kappa shape index (κ1) is 11.9. The first-order chi connectivity index (χ1) is 5.39. The summed E-state index contributed by atoms with van der Waals surface area (Å²) in [6.45, 7) is 2.02. The summed E-state index contributed by atoms with van der Waals surface area (Å²) in [4.78, 5) is 0. The summed E-state index contributed by atoms with van der Waals surface area (Å²) >= 11 is 0. The Morgan fingerprint density at radius 1 is 1.25 bits per heavy atom. The lowest BCUT2D eigenvalue weighted by Crippen LogP contribution is -2.50. The smallest absolute Gasteiger partial charge is 0.114 e. The van der Waals surface area contributed by atoms with Gasteiger partial charge in [-0.3, -0.25) is 0 Å². The van der Waals surface area contributed by atoms with Crippen LogP contribution < -0.4 is 0 Å². The van der Waals surface area contributed by atoms with Gasteiger partial charge in [-0.1, -0.05) is 0 Å². The Morgan fingerprint density at radius 3 is 2.00 bits per heavy atom. The third-order valence-electron chi connectivity index (χ3n) is 2.21. The summed E-state index contributed by atoms with van der Waals surface area (Å²) in [5, 5.41) is 18.2. The van der Waals surface area contributed by atoms with Crippen LogP contribution in [0.3, 0.4) is 0 Å². The van der Waals surface area contributed by atoms with Gasteiger partial charge in [0, 0.05) is 13.0 Å². The first-order valence-electron chi connectivity index (χ1n) is 4.49. The van der Waals surface area contributed by atoms with Gasteiger partial charge in [-0.2, -0.15) is 0 Å². The van der Waals surface area contributed by atoms with Crippen LogP contribution in [0.4, 0.5) is 0 Å². The Morgan fingerprint density at radius 2 is 1.75 bits per heavy atom. The Labute approximate surface area is 75.2 Å². The van der Waals surface area contributed by atoms with E-state index in [1.54, 1.807) is 0 Å². The molecule has 12 heavy (non-hydrogen) atoms. The summed E-state index contributed by atoms with van der Waals surface area (Å²) in [6.07, 6.45) is 1.33. The predicted molar refractivity (Wildman–Crippen MR) is 49.8 cm³/mol. The molecule has 0 aliphatic carbocycles. The van der Waals surface area contributed by atoms with E-state index in [0.29, 0.717) is 0 Å². The molecule has 0 amide bonds. The summed E-state index contributed by atoms with van der Waals surface area (Å²) in [5.41, 5.74) is 0. The second kappa shape index (κ2) is 4.80. The average molecular weight is 176 g/mol. The quantitative estimate of drug-likeness (QED) is 0.588. The van der Waals surface area contributed by atoms with Crippen molar-refractivity contribution in [3.8, 4) is 0 Å². The maximum Gasteiger partial charge on any atom is 0.114 e. The van der Waals surface area contributed by atoms with E-state index in [0.717, 1.165) is 17.3 Å². The largest absolute Gasteiger partial charge is 0.396 e. The van der Waals surface area contributed by atoms with Crippen LogP contribution in [0.1, 0.15) is 19.8 Å². The molecule has 0 bridgehead atoms. The molecule has 3 nitrogen and oxygen atoms in total. The Balaban J connectivity index is 4.05. The Bertz CT molecular complexity index is 118. The van der Waals surface area contributed by atoms with E-state index >= 15 is 0 Å². The van der Waals surface area contributed by atoms with Crippen LogP contribution in [0.25, 0.3) is 0 Å². The van der Waals surface area contributed by atoms with Gasteiger partial charge in [0.2, 0.25) is 0 Å². The van der Waals surface area contributed by atoms with E-state index in [4.69, 9.17) is 5.11 Å². The third kappa shape index (κ3) is 4.04. The van der Waals surface area contributed by atoms with Crippen LogP contribution in [0.5, 0.6) is 0 Å². The molecule has 0 saturated heterocycles. The molecule has 0 aromatic heterocycles. The van der Waals surface area contributed by atoms with Crippen LogP contribution >= 0.6 is 0 Å². The van der Waals surface area contributed by atoms with Crippen LogP contribution in [0.2, 0.25) is 0 Å². The van der Waals surface area contributed by atoms with Gasteiger partial charge >= 0.3 is 0 Å². The van der Waals surface area contributed by atoms with Crippen molar-refractivity contribution < 1.29 is 14.7 Å². The van der Waals surface area contributed by atoms with E-state index in [-0.39, 0.29) is 18.8 Å². The number of hydrogen-bond acceptors (Lipinski definition) is 2. The highest BCUT2D eigenvalue weighted by atomic mass is 16.3. The standard InChI is InChI=1S/C9H22NO2/c1-8(12)9(6-5-7-11)10(2,3)4/h8-9,11-12H,5-7H2,1-4H3/q+1. The molecule has 0 saturated carbocycles. The molecule has 3 heteroatoms. The summed E-state index contributed by atoms with van der Waals surface area (Å²) in [5.74, 6) is 0. The lowest BCUT2D eigenvalue weighted by molar-refractivity contribution is -0.900. The van der Waals surface area contributed by atoms with Crippen molar-refractivity contribution in [1.82, 2.24) is 0 Å². The molecule has 0 aliphatic rings. The lowest BCUT2D eigenvalue weighted by atomic mass is 10.0. The van der Waals surface area contributed by atoms with Crippen LogP contribution in [-0.2, 0) is 0 Å². The molecule has 0 rings (SSSR count). The predicted octanol–water partition coefficient (Wildman–Crippen LogP) is 0.214. The average Bonchev–Trinajstić information content (AvgIpc) is 1.84. The van der Waals surface area contributed by atoms with Crippen molar-refractivity contribution >= 4 is 0 Å². The van der Waals surface area contributed by atoms with Crippen LogP contribution in [0.15, 0.2) is 0 Å². The van der Waals surface area contributed by atoms with Crippen molar-refractivity contribution in [3.05, 3.63) is 0 Å². The minimum Gasteiger partial charge on any atom is -0.396 e. The highest BCUT2D eigenvalue weighted by molar-refractivity contribution is 4.64. The van der Waals surface area contributed by atoms with Crippen molar-refractivity contribution in [3.63, 3.8) is 0 Å². The SMILES string of the molecule is CC(O)C(CCCO)[N+](C)(C)C. The molecule has 0 heterocycles. The zero-order valence-electron chi connectivity index (χ0n) is 8.62. The highest BCUT2D eigenvalue weighted by Crippen LogP contribution is 2.13. The molecule has 0 radical (unpaired) electrons. The molecule has 0 aromatic rings. The van der Waals surface area contributed by atoms with E-state index < -0.39 is 0 Å². The first-order valence-corrected chi connectivity index (χ1v) is 4.49. The molecule has 0 aliphatic heterocycles. The summed E-state index contributed by atoms with van der Waals surface area (Å²) < 4.78 is 0.748. The van der Waals surface area contributed by atoms with Crippen LogP contribution in [-0.4, -0.2) is 54.6 Å². The van der Waals surface area contributed by atoms with Gasteiger partial charge in [-0.25, -0.2) is 0 Å². The number of rotatable bonds is 5.